The van der Waals surface area contributed by atoms with Crippen molar-refractivity contribution in [2.24, 2.45) is 13.0 Å². The third kappa shape index (κ3) is 4.50. The standard InChI is InChI=1S/C26H28ClF3N6O2/c1-25(28)8-3-9-36(12-25)24-31-11-17(27)22(34-24)32-15-6-7-18-16(10-15)19-20(23(37)35(18)2)38-13-26(29,30)21(33-19)14-4-5-14/h6-7,10-11,14,21,33H,3-5,8-9,12-13H2,1-2H3,(H,31,32,34). The first-order valence-corrected chi connectivity index (χ1v) is 13.1. The molecular formula is C26H28ClF3N6O2. The molecule has 1 aromatic carbocycles. The Kier molecular flexibility index (Phi) is 5.89. The van der Waals surface area contributed by atoms with Crippen molar-refractivity contribution in [1.82, 2.24) is 14.5 Å². The molecule has 3 aliphatic rings. The van der Waals surface area contributed by atoms with E-state index in [9.17, 15) is 18.0 Å². The summed E-state index contributed by atoms with van der Waals surface area (Å²) in [5.41, 5.74) is -0.436. The van der Waals surface area contributed by atoms with Gasteiger partial charge in [0.15, 0.2) is 12.4 Å². The lowest BCUT2D eigenvalue weighted by Crippen LogP contribution is -2.44. The smallest absolute Gasteiger partial charge is 0.301 e. The number of nitrogens with zero attached hydrogens (tertiary/aromatic N) is 4. The van der Waals surface area contributed by atoms with Gasteiger partial charge in [-0.1, -0.05) is 11.6 Å². The van der Waals surface area contributed by atoms with E-state index in [4.69, 9.17) is 16.3 Å². The summed E-state index contributed by atoms with van der Waals surface area (Å²) in [6.07, 6.45) is 4.03. The fourth-order valence-electron chi connectivity index (χ4n) is 5.39. The van der Waals surface area contributed by atoms with E-state index in [0.717, 1.165) is 0 Å². The molecule has 0 amide bonds. The first-order chi connectivity index (χ1) is 18.0. The average molecular weight is 549 g/mol. The fraction of sp³-hybridized carbons (Fsp3) is 0.500. The van der Waals surface area contributed by atoms with Crippen LogP contribution < -0.4 is 25.8 Å². The summed E-state index contributed by atoms with van der Waals surface area (Å²) < 4.78 is 51.2. The average Bonchev–Trinajstić information content (AvgIpc) is 3.71. The van der Waals surface area contributed by atoms with Gasteiger partial charge in [-0.25, -0.2) is 18.2 Å². The van der Waals surface area contributed by atoms with Crippen molar-refractivity contribution in [3.8, 4) is 5.75 Å². The summed E-state index contributed by atoms with van der Waals surface area (Å²) >= 11 is 6.39. The highest BCUT2D eigenvalue weighted by molar-refractivity contribution is 6.32. The molecule has 2 fully saturated rings. The second kappa shape index (κ2) is 8.93. The van der Waals surface area contributed by atoms with Gasteiger partial charge in [-0.3, -0.25) is 4.79 Å². The maximum atomic E-state index is 14.9. The number of ether oxygens (including phenoxy) is 1. The largest absolute Gasteiger partial charge is 0.480 e. The summed E-state index contributed by atoms with van der Waals surface area (Å²) in [7, 11) is 1.58. The molecule has 8 nitrogen and oxygen atoms in total. The number of aryl methyl sites for hydroxylation is 1. The van der Waals surface area contributed by atoms with Gasteiger partial charge >= 0.3 is 5.92 Å². The van der Waals surface area contributed by atoms with Crippen LogP contribution in [-0.2, 0) is 7.05 Å². The molecule has 1 aliphatic carbocycles. The highest BCUT2D eigenvalue weighted by atomic mass is 35.5. The van der Waals surface area contributed by atoms with Gasteiger partial charge in [0.05, 0.1) is 30.0 Å². The number of anilines is 4. The number of hydrogen-bond donors (Lipinski definition) is 2. The topological polar surface area (TPSA) is 84.3 Å². The van der Waals surface area contributed by atoms with Crippen LogP contribution in [0.2, 0.25) is 5.02 Å². The van der Waals surface area contributed by atoms with Crippen LogP contribution in [0.1, 0.15) is 32.6 Å². The van der Waals surface area contributed by atoms with Gasteiger partial charge < -0.3 is 24.8 Å². The number of fused-ring (bicyclic) bond motifs is 3. The number of benzene rings is 1. The Morgan fingerprint density at radius 3 is 2.79 bits per heavy atom. The second-order valence-electron chi connectivity index (χ2n) is 10.7. The molecule has 6 rings (SSSR count). The number of aromatic nitrogens is 3. The van der Waals surface area contributed by atoms with E-state index < -0.39 is 29.8 Å². The Morgan fingerprint density at radius 1 is 1.26 bits per heavy atom. The first kappa shape index (κ1) is 25.1. The maximum absolute atomic E-state index is 14.9. The van der Waals surface area contributed by atoms with Crippen molar-refractivity contribution >= 4 is 45.6 Å². The summed E-state index contributed by atoms with van der Waals surface area (Å²) in [4.78, 5) is 23.6. The lowest BCUT2D eigenvalue weighted by Gasteiger charge is -2.35. The SMILES string of the molecule is Cn1c(=O)c2c(c3cc(Nc4nc(N5CCCC(C)(F)C5)ncc4Cl)ccc31)NC(C1CC1)C(F)(F)CO2. The molecule has 0 bridgehead atoms. The van der Waals surface area contributed by atoms with Crippen LogP contribution in [0.15, 0.2) is 29.2 Å². The van der Waals surface area contributed by atoms with Crippen LogP contribution >= 0.6 is 11.6 Å². The van der Waals surface area contributed by atoms with Crippen LogP contribution in [0, 0.1) is 5.92 Å². The van der Waals surface area contributed by atoms with Crippen LogP contribution in [0.25, 0.3) is 10.9 Å². The molecule has 1 saturated heterocycles. The van der Waals surface area contributed by atoms with E-state index in [1.54, 1.807) is 37.1 Å². The lowest BCUT2D eigenvalue weighted by molar-refractivity contribution is -0.0579. The van der Waals surface area contributed by atoms with Gasteiger partial charge in [0, 0.05) is 24.7 Å². The van der Waals surface area contributed by atoms with Gasteiger partial charge in [0.25, 0.3) is 5.56 Å². The molecule has 0 radical (unpaired) electrons. The first-order valence-electron chi connectivity index (χ1n) is 12.7. The molecule has 2 atom stereocenters. The van der Waals surface area contributed by atoms with E-state index in [1.807, 2.05) is 0 Å². The Balaban J connectivity index is 1.38. The maximum Gasteiger partial charge on any atom is 0.301 e. The van der Waals surface area contributed by atoms with Crippen molar-refractivity contribution < 1.29 is 17.9 Å². The minimum Gasteiger partial charge on any atom is -0.480 e. The summed E-state index contributed by atoms with van der Waals surface area (Å²) in [6.45, 7) is 1.53. The van der Waals surface area contributed by atoms with E-state index >= 15 is 0 Å². The monoisotopic (exact) mass is 548 g/mol. The van der Waals surface area contributed by atoms with Crippen molar-refractivity contribution in [3.05, 3.63) is 39.8 Å². The Hall–Kier alpha value is -3.21. The molecule has 4 heterocycles. The summed E-state index contributed by atoms with van der Waals surface area (Å²) in [5, 5.41) is 6.96. The molecule has 38 heavy (non-hydrogen) atoms. The quantitative estimate of drug-likeness (QED) is 0.459. The number of hydrogen-bond acceptors (Lipinski definition) is 7. The molecule has 3 aromatic rings. The second-order valence-corrected chi connectivity index (χ2v) is 11.1. The minimum atomic E-state index is -3.12. The Bertz CT molecular complexity index is 1480. The number of alkyl halides is 3. The molecule has 1 saturated carbocycles. The van der Waals surface area contributed by atoms with Gasteiger partial charge in [-0.15, -0.1) is 0 Å². The predicted octanol–water partition coefficient (Wildman–Crippen LogP) is 5.27. The zero-order chi connectivity index (χ0) is 26.8. The normalized spacial score (nSPS) is 24.8. The van der Waals surface area contributed by atoms with Crippen LogP contribution in [0.5, 0.6) is 5.75 Å². The molecule has 2 N–H and O–H groups in total. The zero-order valence-corrected chi connectivity index (χ0v) is 21.8. The molecule has 202 valence electrons. The van der Waals surface area contributed by atoms with Crippen molar-refractivity contribution in [3.63, 3.8) is 0 Å². The number of pyridine rings is 1. The summed E-state index contributed by atoms with van der Waals surface area (Å²) in [6, 6.07) is 4.09. The van der Waals surface area contributed by atoms with E-state index in [0.29, 0.717) is 60.6 Å². The van der Waals surface area contributed by atoms with Gasteiger partial charge in [0.2, 0.25) is 11.7 Å². The van der Waals surface area contributed by atoms with Crippen molar-refractivity contribution in [1.29, 1.82) is 0 Å². The molecule has 2 unspecified atom stereocenters. The van der Waals surface area contributed by atoms with Gasteiger partial charge in [-0.2, -0.15) is 4.98 Å². The summed E-state index contributed by atoms with van der Waals surface area (Å²) in [5.74, 6) is -2.74. The molecule has 0 spiro atoms. The molecule has 12 heteroatoms. The minimum absolute atomic E-state index is 0.123. The fourth-order valence-corrected chi connectivity index (χ4v) is 5.52. The third-order valence-electron chi connectivity index (χ3n) is 7.53. The molecule has 2 aromatic heterocycles. The van der Waals surface area contributed by atoms with E-state index in [1.165, 1.54) is 10.8 Å². The van der Waals surface area contributed by atoms with E-state index in [-0.39, 0.29) is 28.9 Å². The number of nitrogens with one attached hydrogen (secondary N) is 2. The van der Waals surface area contributed by atoms with Crippen molar-refractivity contribution in [2.45, 2.75) is 50.2 Å². The van der Waals surface area contributed by atoms with Gasteiger partial charge in [-0.05, 0) is 56.7 Å². The molecular weight excluding hydrogens is 521 g/mol. The van der Waals surface area contributed by atoms with Crippen LogP contribution in [-0.4, -0.2) is 51.9 Å². The van der Waals surface area contributed by atoms with Gasteiger partial charge in [0.1, 0.15) is 10.7 Å². The number of piperidine rings is 1. The molecule has 2 aliphatic heterocycles. The highest BCUT2D eigenvalue weighted by Crippen LogP contribution is 2.45. The predicted molar refractivity (Wildman–Crippen MR) is 141 cm³/mol. The lowest BCUT2D eigenvalue weighted by atomic mass is 9.97. The Morgan fingerprint density at radius 2 is 2.05 bits per heavy atom. The number of halogens is 4. The van der Waals surface area contributed by atoms with Crippen molar-refractivity contribution in [2.75, 3.05) is 35.2 Å². The van der Waals surface area contributed by atoms with Crippen LogP contribution in [0.4, 0.5) is 36.3 Å². The third-order valence-corrected chi connectivity index (χ3v) is 7.81. The number of rotatable bonds is 4. The zero-order valence-electron chi connectivity index (χ0n) is 21.0. The highest BCUT2D eigenvalue weighted by Gasteiger charge is 2.51. The van der Waals surface area contributed by atoms with E-state index in [2.05, 4.69) is 20.6 Å². The Labute approximate surface area is 222 Å². The van der Waals surface area contributed by atoms with Crippen LogP contribution in [0.3, 0.4) is 0 Å².